The van der Waals surface area contributed by atoms with Crippen molar-refractivity contribution in [3.05, 3.63) is 6.07 Å². The number of esters is 1. The summed E-state index contributed by atoms with van der Waals surface area (Å²) in [6, 6.07) is 0. The van der Waals surface area contributed by atoms with Crippen LogP contribution in [0.5, 0.6) is 0 Å². The number of carbonyl (C=O) groups excluding carboxylic acids is 1. The van der Waals surface area contributed by atoms with Gasteiger partial charge in [-0.3, -0.25) is 4.79 Å². The van der Waals surface area contributed by atoms with E-state index in [1.54, 1.807) is 0 Å². The number of unbranched alkanes of at least 4 members (excludes halogenated alkanes) is 2. The average Bonchev–Trinajstić information content (AvgIpc) is 2.14. The van der Waals surface area contributed by atoms with Gasteiger partial charge < -0.3 is 4.74 Å². The maximum atomic E-state index is 11.2. The Morgan fingerprint density at radius 2 is 2.00 bits per heavy atom. The number of carbonyl (C=O) groups is 1. The summed E-state index contributed by atoms with van der Waals surface area (Å²) in [7, 11) is 0. The molecule has 0 aliphatic heterocycles. The van der Waals surface area contributed by atoms with Crippen LogP contribution in [-0.2, 0) is 9.53 Å². The molecule has 0 aliphatic carbocycles. The highest BCUT2D eigenvalue weighted by molar-refractivity contribution is 14.1. The second-order valence-corrected chi connectivity index (χ2v) is 7.44. The number of hydrogen-bond donors (Lipinski definition) is 0. The quantitative estimate of drug-likeness (QED) is 0.313. The summed E-state index contributed by atoms with van der Waals surface area (Å²) < 4.78 is 7.09. The van der Waals surface area contributed by atoms with E-state index in [2.05, 4.69) is 68.0 Å². The molecule has 0 aromatic carbocycles. The minimum Gasteiger partial charge on any atom is -0.460 e. The van der Waals surface area contributed by atoms with Gasteiger partial charge in [0.2, 0.25) is 0 Å². The fourth-order valence-corrected chi connectivity index (χ4v) is 1.22. The van der Waals surface area contributed by atoms with Crippen molar-refractivity contribution < 1.29 is 9.53 Å². The molecule has 0 saturated heterocycles. The van der Waals surface area contributed by atoms with Gasteiger partial charge in [-0.1, -0.05) is 19.8 Å². The molecule has 5 heteroatoms. The number of halogens is 3. The molecule has 0 radical (unpaired) electrons. The van der Waals surface area contributed by atoms with Gasteiger partial charge in [-0.25, -0.2) is 0 Å². The van der Waals surface area contributed by atoms with Crippen LogP contribution in [0.2, 0.25) is 0 Å². The van der Waals surface area contributed by atoms with Crippen LogP contribution in [0.3, 0.4) is 0 Å². The monoisotopic (exact) mass is 486 g/mol. The van der Waals surface area contributed by atoms with Gasteiger partial charge >= 0.3 is 5.97 Å². The minimum atomic E-state index is -0.0993. The van der Waals surface area contributed by atoms with Gasteiger partial charge in [-0.15, -0.1) is 0 Å². The van der Waals surface area contributed by atoms with Crippen molar-refractivity contribution >= 4 is 67.1 Å². The molecule has 0 rings (SSSR count). The lowest BCUT2D eigenvalue weighted by molar-refractivity contribution is -0.142. The molecule has 0 heterocycles. The molecule has 0 amide bonds. The van der Waals surface area contributed by atoms with E-state index in [1.807, 2.05) is 0 Å². The van der Waals surface area contributed by atoms with Crippen molar-refractivity contribution in [3.63, 3.8) is 0 Å². The van der Waals surface area contributed by atoms with Crippen molar-refractivity contribution in [1.82, 2.24) is 0 Å². The summed E-state index contributed by atoms with van der Waals surface area (Å²) in [4.78, 5) is 11.2. The highest BCUT2D eigenvalue weighted by atomic mass is 127. The lowest BCUT2D eigenvalue weighted by Crippen LogP contribution is -2.05. The number of hydrogen-bond acceptors (Lipinski definition) is 2. The summed E-state index contributed by atoms with van der Waals surface area (Å²) in [5.41, 5.74) is 0. The molecule has 0 N–H and O–H groups in total. The van der Waals surface area contributed by atoms with Crippen LogP contribution in [0.4, 0.5) is 0 Å². The first-order chi connectivity index (χ1) is 6.57. The Labute approximate surface area is 121 Å². The second-order valence-electron chi connectivity index (χ2n) is 2.78. The molecule has 0 bridgehead atoms. The Morgan fingerprint density at radius 3 is 2.50 bits per heavy atom. The lowest BCUT2D eigenvalue weighted by atomic mass is 10.2. The maximum absolute atomic E-state index is 11.2. The number of ether oxygens (including phenoxy) is 1. The molecule has 0 unspecified atom stereocenters. The first-order valence-electron chi connectivity index (χ1n) is 4.43. The summed E-state index contributed by atoms with van der Waals surface area (Å²) >= 11 is 7.63. The molecule has 0 aromatic rings. The van der Waals surface area contributed by atoms with Crippen molar-refractivity contribution in [3.8, 4) is 0 Å². The average molecular weight is 487 g/mol. The maximum Gasteiger partial charge on any atom is 0.306 e. The minimum absolute atomic E-state index is 0.0993. The predicted octanol–water partition coefficient (Wildman–Crippen LogP) is 4.54. The third-order valence-electron chi connectivity index (χ3n) is 1.55. The van der Waals surface area contributed by atoms with Crippen molar-refractivity contribution in [2.24, 2.45) is 0 Å². The van der Waals surface area contributed by atoms with E-state index in [-0.39, 0.29) is 5.97 Å². The molecule has 0 aliphatic rings. The first kappa shape index (κ1) is 15.2. The third-order valence-corrected chi connectivity index (χ3v) is 5.30. The molecule has 0 spiro atoms. The predicted molar refractivity (Wildman–Crippen MR) is 79.1 cm³/mol. The van der Waals surface area contributed by atoms with E-state index in [0.717, 1.165) is 25.3 Å². The fourth-order valence-electron chi connectivity index (χ4n) is 0.790. The van der Waals surface area contributed by atoms with Crippen LogP contribution in [0.15, 0.2) is 6.07 Å². The fraction of sp³-hybridized carbons (Fsp3) is 0.667. The molecule has 82 valence electrons. The van der Waals surface area contributed by atoms with Crippen LogP contribution in [0.1, 0.15) is 32.6 Å². The summed E-state index contributed by atoms with van der Waals surface area (Å²) in [6.45, 7) is 2.50. The summed E-state index contributed by atoms with van der Waals surface area (Å²) in [5, 5.41) is 0. The third kappa shape index (κ3) is 8.46. The van der Waals surface area contributed by atoms with Crippen molar-refractivity contribution in [2.75, 3.05) is 6.61 Å². The van der Waals surface area contributed by atoms with Gasteiger partial charge in [-0.2, -0.15) is 0 Å². The van der Waals surface area contributed by atoms with Crippen LogP contribution in [-0.4, -0.2) is 12.6 Å². The molecular weight excluding hydrogens is 474 g/mol. The lowest BCUT2D eigenvalue weighted by Gasteiger charge is -2.03. The Balaban J connectivity index is 3.59. The van der Waals surface area contributed by atoms with Gasteiger partial charge in [-0.05, 0) is 67.5 Å². The molecule has 0 atom stereocenters. The van der Waals surface area contributed by atoms with E-state index in [9.17, 15) is 4.79 Å². The zero-order chi connectivity index (χ0) is 11.0. The van der Waals surface area contributed by atoms with E-state index < -0.39 is 0 Å². The van der Waals surface area contributed by atoms with Crippen LogP contribution in [0, 0.1) is 0 Å². The van der Waals surface area contributed by atoms with Gasteiger partial charge in [0.05, 0.1) is 2.49 Å². The van der Waals surface area contributed by atoms with E-state index >= 15 is 0 Å². The van der Waals surface area contributed by atoms with Crippen LogP contribution in [0.25, 0.3) is 0 Å². The van der Waals surface area contributed by atoms with E-state index in [1.165, 1.54) is 0 Å². The Kier molecular flexibility index (Phi) is 10.2. The summed E-state index contributed by atoms with van der Waals surface area (Å²) in [6.07, 6.45) is 3.69. The van der Waals surface area contributed by atoms with Crippen molar-refractivity contribution in [2.45, 2.75) is 32.6 Å². The van der Waals surface area contributed by atoms with Gasteiger partial charge in [0, 0.05) is 10.0 Å². The first-order valence-corrected chi connectivity index (χ1v) is 7.38. The van der Waals surface area contributed by atoms with Crippen LogP contribution < -0.4 is 0 Å². The molecule has 2 nitrogen and oxygen atoms in total. The Morgan fingerprint density at radius 1 is 1.36 bits per heavy atom. The van der Waals surface area contributed by atoms with Gasteiger partial charge in [0.25, 0.3) is 0 Å². The largest absolute Gasteiger partial charge is 0.460 e. The standard InChI is InChI=1S/C9H13BrI2O2/c1-2-3-4-5-8(13)14-6-7(11)9(10)12/h2-6H2,1H3/b9-7-. The Hall–Kier alpha value is 1.15. The van der Waals surface area contributed by atoms with Gasteiger partial charge in [0.15, 0.2) is 0 Å². The van der Waals surface area contributed by atoms with E-state index in [4.69, 9.17) is 4.74 Å². The molecular formula is C9H13BrI2O2. The molecule has 0 aromatic heterocycles. The second kappa shape index (κ2) is 9.38. The topological polar surface area (TPSA) is 26.3 Å². The normalized spacial score (nSPS) is 12.3. The molecule has 0 fully saturated rings. The van der Waals surface area contributed by atoms with Gasteiger partial charge in [0.1, 0.15) is 6.61 Å². The zero-order valence-electron chi connectivity index (χ0n) is 7.99. The molecule has 14 heavy (non-hydrogen) atoms. The van der Waals surface area contributed by atoms with Crippen molar-refractivity contribution in [1.29, 1.82) is 0 Å². The number of rotatable bonds is 6. The van der Waals surface area contributed by atoms with E-state index in [0.29, 0.717) is 13.0 Å². The van der Waals surface area contributed by atoms with Crippen LogP contribution >= 0.6 is 61.1 Å². The zero-order valence-corrected chi connectivity index (χ0v) is 13.9. The Bertz CT molecular complexity index is 213. The SMILES string of the molecule is CCCCCC(=O)OC/C(I)=C(\Br)I. The highest BCUT2D eigenvalue weighted by Crippen LogP contribution is 2.24. The smallest absolute Gasteiger partial charge is 0.306 e. The highest BCUT2D eigenvalue weighted by Gasteiger charge is 2.04. The molecule has 0 saturated carbocycles. The summed E-state index contributed by atoms with van der Waals surface area (Å²) in [5.74, 6) is -0.0993.